The van der Waals surface area contributed by atoms with Crippen molar-refractivity contribution in [2.75, 3.05) is 26.8 Å². The molecule has 1 amide bonds. The summed E-state index contributed by atoms with van der Waals surface area (Å²) in [5.74, 6) is 1.87. The Labute approximate surface area is 199 Å². The first-order chi connectivity index (χ1) is 15.8. The highest BCUT2D eigenvalue weighted by atomic mass is 35.5. The number of ether oxygens (including phenoxy) is 3. The summed E-state index contributed by atoms with van der Waals surface area (Å²) in [6.07, 6.45) is 4.87. The van der Waals surface area contributed by atoms with Crippen LogP contribution in [-0.2, 0) is 4.79 Å². The summed E-state index contributed by atoms with van der Waals surface area (Å²) < 4.78 is 17.2. The molecule has 2 heterocycles. The Hall–Kier alpha value is -2.99. The largest absolute Gasteiger partial charge is 0.493 e. The Morgan fingerprint density at radius 1 is 1.21 bits per heavy atom. The lowest BCUT2D eigenvalue weighted by molar-refractivity contribution is -0.129. The maximum Gasteiger partial charge on any atom is 0.246 e. The second kappa shape index (κ2) is 9.48. The summed E-state index contributed by atoms with van der Waals surface area (Å²) in [4.78, 5) is 27.3. The predicted octanol–water partition coefficient (Wildman–Crippen LogP) is 5.10. The number of rotatable bonds is 5. The van der Waals surface area contributed by atoms with Crippen LogP contribution in [-0.4, -0.2) is 49.0 Å². The van der Waals surface area contributed by atoms with E-state index >= 15 is 0 Å². The summed E-state index contributed by atoms with van der Waals surface area (Å²) in [6.45, 7) is 5.42. The number of hydrogen-bond donors (Lipinski definition) is 0. The number of benzene rings is 2. The minimum absolute atomic E-state index is 0.0438. The molecule has 4 rings (SSSR count). The van der Waals surface area contributed by atoms with Gasteiger partial charge in [0, 0.05) is 37.0 Å². The second-order valence-corrected chi connectivity index (χ2v) is 8.89. The molecule has 174 valence electrons. The molecule has 1 fully saturated rings. The molecule has 2 aliphatic rings. The van der Waals surface area contributed by atoms with E-state index in [-0.39, 0.29) is 11.7 Å². The third-order valence-corrected chi connectivity index (χ3v) is 6.67. The third kappa shape index (κ3) is 4.86. The van der Waals surface area contributed by atoms with E-state index in [1.165, 1.54) is 0 Å². The third-order valence-electron chi connectivity index (χ3n) is 6.26. The minimum atomic E-state index is -0.562. The first kappa shape index (κ1) is 23.2. The van der Waals surface area contributed by atoms with E-state index in [4.69, 9.17) is 25.8 Å². The van der Waals surface area contributed by atoms with E-state index in [9.17, 15) is 9.59 Å². The Morgan fingerprint density at radius 3 is 2.67 bits per heavy atom. The van der Waals surface area contributed by atoms with Crippen LogP contribution in [0.15, 0.2) is 36.4 Å². The van der Waals surface area contributed by atoms with Crippen molar-refractivity contribution in [3.63, 3.8) is 0 Å². The molecular formula is C26H28ClNO5. The quantitative estimate of drug-likeness (QED) is 0.570. The fourth-order valence-electron chi connectivity index (χ4n) is 4.36. The van der Waals surface area contributed by atoms with Gasteiger partial charge in [0.25, 0.3) is 0 Å². The molecule has 0 N–H and O–H groups in total. The van der Waals surface area contributed by atoms with Gasteiger partial charge in [-0.1, -0.05) is 17.7 Å². The fourth-order valence-corrected chi connectivity index (χ4v) is 4.53. The second-order valence-electron chi connectivity index (χ2n) is 8.48. The van der Waals surface area contributed by atoms with Gasteiger partial charge < -0.3 is 19.1 Å². The van der Waals surface area contributed by atoms with Crippen LogP contribution in [0.2, 0.25) is 5.02 Å². The maximum absolute atomic E-state index is 12.8. The van der Waals surface area contributed by atoms with Gasteiger partial charge in [-0.15, -0.1) is 0 Å². The summed E-state index contributed by atoms with van der Waals surface area (Å²) in [7, 11) is 1.59. The standard InChI is InChI=1S/C26H28ClNO5/c1-4-32-22-7-5-18(14-24(22)31-3)6-8-25(30)28-11-9-26(10-12-28)16-21(29)19-15-20(27)17(2)13-23(19)33-26/h5-8,13-15H,4,9-12,16H2,1-3H3/b8-6+. The van der Waals surface area contributed by atoms with Crippen molar-refractivity contribution in [3.05, 3.63) is 58.1 Å². The van der Waals surface area contributed by atoms with E-state index in [1.807, 2.05) is 38.1 Å². The number of aryl methyl sites for hydroxylation is 1. The highest BCUT2D eigenvalue weighted by Gasteiger charge is 2.43. The average molecular weight is 470 g/mol. The molecule has 33 heavy (non-hydrogen) atoms. The van der Waals surface area contributed by atoms with Crippen molar-refractivity contribution in [1.82, 2.24) is 4.90 Å². The van der Waals surface area contributed by atoms with Crippen LogP contribution < -0.4 is 14.2 Å². The first-order valence-electron chi connectivity index (χ1n) is 11.1. The molecule has 0 saturated carbocycles. The normalized spacial score (nSPS) is 17.1. The van der Waals surface area contributed by atoms with Crippen molar-refractivity contribution in [2.45, 2.75) is 38.7 Å². The fraction of sp³-hybridized carbons (Fsp3) is 0.385. The lowest BCUT2D eigenvalue weighted by atomic mass is 9.82. The molecule has 2 aromatic carbocycles. The number of piperidine rings is 1. The summed E-state index contributed by atoms with van der Waals surface area (Å²) in [6, 6.07) is 9.09. The highest BCUT2D eigenvalue weighted by Crippen LogP contribution is 2.41. The molecule has 2 aliphatic heterocycles. The van der Waals surface area contributed by atoms with Gasteiger partial charge in [0.15, 0.2) is 17.3 Å². The number of likely N-dealkylation sites (tertiary alicyclic amines) is 1. The van der Waals surface area contributed by atoms with Crippen molar-refractivity contribution in [2.24, 2.45) is 0 Å². The maximum atomic E-state index is 12.8. The van der Waals surface area contributed by atoms with E-state index in [2.05, 4.69) is 0 Å². The molecule has 0 bridgehead atoms. The Kier molecular flexibility index (Phi) is 6.66. The number of ketones is 1. The zero-order valence-corrected chi connectivity index (χ0v) is 19.9. The van der Waals surface area contributed by atoms with Gasteiger partial charge >= 0.3 is 0 Å². The number of methoxy groups -OCH3 is 1. The molecule has 7 heteroatoms. The Bertz CT molecular complexity index is 1100. The summed E-state index contributed by atoms with van der Waals surface area (Å²) in [5.41, 5.74) is 1.71. The van der Waals surface area contributed by atoms with Gasteiger partial charge in [0.2, 0.25) is 5.91 Å². The van der Waals surface area contributed by atoms with Gasteiger partial charge in [-0.3, -0.25) is 9.59 Å². The molecule has 0 aromatic heterocycles. The average Bonchev–Trinajstić information content (AvgIpc) is 2.80. The Morgan fingerprint density at radius 2 is 1.97 bits per heavy atom. The number of fused-ring (bicyclic) bond motifs is 1. The monoisotopic (exact) mass is 469 g/mol. The number of Topliss-reactive ketones (excluding diaryl/α,β-unsaturated/α-hetero) is 1. The Balaban J connectivity index is 1.40. The zero-order valence-electron chi connectivity index (χ0n) is 19.2. The highest BCUT2D eigenvalue weighted by molar-refractivity contribution is 6.31. The SMILES string of the molecule is CCOc1ccc(/C=C/C(=O)N2CCC3(CC2)CC(=O)c2cc(Cl)c(C)cc2O3)cc1OC. The molecule has 6 nitrogen and oxygen atoms in total. The number of carbonyl (C=O) groups excluding carboxylic acids is 2. The first-order valence-corrected chi connectivity index (χ1v) is 11.5. The van der Waals surface area contributed by atoms with Crippen LogP contribution in [0.1, 0.15) is 47.7 Å². The predicted molar refractivity (Wildman–Crippen MR) is 128 cm³/mol. The molecule has 1 saturated heterocycles. The van der Waals surface area contributed by atoms with Crippen LogP contribution in [0.25, 0.3) is 6.08 Å². The number of halogens is 1. The lowest BCUT2D eigenvalue weighted by Crippen LogP contribution is -2.52. The molecule has 0 atom stereocenters. The van der Waals surface area contributed by atoms with Crippen LogP contribution >= 0.6 is 11.6 Å². The number of nitrogens with zero attached hydrogens (tertiary/aromatic N) is 1. The molecular weight excluding hydrogens is 442 g/mol. The van der Waals surface area contributed by atoms with Gasteiger partial charge in [-0.05, 0) is 55.3 Å². The van der Waals surface area contributed by atoms with Gasteiger partial charge in [-0.2, -0.15) is 0 Å². The van der Waals surface area contributed by atoms with Crippen LogP contribution in [0.4, 0.5) is 0 Å². The van der Waals surface area contributed by atoms with Crippen molar-refractivity contribution in [3.8, 4) is 17.2 Å². The van der Waals surface area contributed by atoms with Crippen LogP contribution in [0, 0.1) is 6.92 Å². The molecule has 2 aromatic rings. The summed E-state index contributed by atoms with van der Waals surface area (Å²) >= 11 is 6.18. The van der Waals surface area contributed by atoms with E-state index < -0.39 is 5.60 Å². The topological polar surface area (TPSA) is 65.1 Å². The lowest BCUT2D eigenvalue weighted by Gasteiger charge is -2.43. The van der Waals surface area contributed by atoms with Crippen LogP contribution in [0.3, 0.4) is 0 Å². The van der Waals surface area contributed by atoms with Crippen molar-refractivity contribution < 1.29 is 23.8 Å². The number of carbonyl (C=O) groups is 2. The van der Waals surface area contributed by atoms with E-state index in [0.717, 1.165) is 11.1 Å². The number of hydrogen-bond acceptors (Lipinski definition) is 5. The minimum Gasteiger partial charge on any atom is -0.493 e. The summed E-state index contributed by atoms with van der Waals surface area (Å²) in [5, 5.41) is 0.569. The molecule has 0 radical (unpaired) electrons. The van der Waals surface area contributed by atoms with E-state index in [1.54, 1.807) is 30.2 Å². The van der Waals surface area contributed by atoms with Crippen molar-refractivity contribution >= 4 is 29.4 Å². The van der Waals surface area contributed by atoms with Crippen molar-refractivity contribution in [1.29, 1.82) is 0 Å². The molecule has 1 spiro atoms. The molecule has 0 aliphatic carbocycles. The van der Waals surface area contributed by atoms with Gasteiger partial charge in [0.05, 0.1) is 25.7 Å². The molecule has 0 unspecified atom stereocenters. The van der Waals surface area contributed by atoms with Gasteiger partial charge in [-0.25, -0.2) is 0 Å². The zero-order chi connectivity index (χ0) is 23.6. The van der Waals surface area contributed by atoms with E-state index in [0.29, 0.717) is 66.8 Å². The van der Waals surface area contributed by atoms with Crippen LogP contribution in [0.5, 0.6) is 17.2 Å². The number of amides is 1. The smallest absolute Gasteiger partial charge is 0.246 e. The van der Waals surface area contributed by atoms with Gasteiger partial charge in [0.1, 0.15) is 11.4 Å².